The van der Waals surface area contributed by atoms with E-state index in [4.69, 9.17) is 0 Å². The molecule has 0 fully saturated rings. The first-order valence-corrected chi connectivity index (χ1v) is 9.62. The molecule has 134 valence electrons. The fourth-order valence-electron chi connectivity index (χ4n) is 2.57. The summed E-state index contributed by atoms with van der Waals surface area (Å²) >= 11 is 0. The van der Waals surface area contributed by atoms with Crippen LogP contribution in [0.3, 0.4) is 0 Å². The smallest absolute Gasteiger partial charge is 0.243 e. The van der Waals surface area contributed by atoms with Crippen molar-refractivity contribution >= 4 is 15.9 Å². The maximum atomic E-state index is 12.5. The monoisotopic (exact) mass is 360 g/mol. The molecule has 2 rings (SSSR count). The van der Waals surface area contributed by atoms with Gasteiger partial charge >= 0.3 is 0 Å². The van der Waals surface area contributed by atoms with Crippen LogP contribution in [0.5, 0.6) is 0 Å². The van der Waals surface area contributed by atoms with E-state index in [0.29, 0.717) is 0 Å². The van der Waals surface area contributed by atoms with E-state index >= 15 is 0 Å². The van der Waals surface area contributed by atoms with Crippen LogP contribution in [0.2, 0.25) is 0 Å². The van der Waals surface area contributed by atoms with Crippen molar-refractivity contribution in [2.24, 2.45) is 5.92 Å². The first kappa shape index (κ1) is 19.1. The summed E-state index contributed by atoms with van der Waals surface area (Å²) in [5.41, 5.74) is 0.999. The molecule has 0 saturated heterocycles. The Kier molecular flexibility index (Phi) is 6.33. The fraction of sp³-hybridized carbons (Fsp3) is 0.316. The highest BCUT2D eigenvalue weighted by molar-refractivity contribution is 7.89. The molecule has 0 aromatic heterocycles. The molecular weight excluding hydrogens is 336 g/mol. The zero-order valence-corrected chi connectivity index (χ0v) is 15.5. The van der Waals surface area contributed by atoms with Gasteiger partial charge in [0.1, 0.15) is 0 Å². The van der Waals surface area contributed by atoms with E-state index < -0.39 is 10.0 Å². The number of benzene rings is 2. The SMILES string of the molecule is CC(C)C(NC(=O)CN(C)S(=O)(=O)c1ccccc1)c1ccccc1. The average molecular weight is 360 g/mol. The lowest BCUT2D eigenvalue weighted by molar-refractivity contribution is -0.122. The van der Waals surface area contributed by atoms with E-state index in [1.807, 2.05) is 44.2 Å². The Morgan fingerprint density at radius 2 is 1.52 bits per heavy atom. The number of nitrogens with one attached hydrogen (secondary N) is 1. The highest BCUT2D eigenvalue weighted by Crippen LogP contribution is 2.21. The third-order valence-electron chi connectivity index (χ3n) is 3.96. The number of hydrogen-bond acceptors (Lipinski definition) is 3. The second-order valence-corrected chi connectivity index (χ2v) is 8.32. The molecule has 1 unspecified atom stereocenters. The molecule has 0 heterocycles. The second-order valence-electron chi connectivity index (χ2n) is 6.27. The van der Waals surface area contributed by atoms with Crippen molar-refractivity contribution in [3.63, 3.8) is 0 Å². The number of rotatable bonds is 7. The Balaban J connectivity index is 2.08. The lowest BCUT2D eigenvalue weighted by Crippen LogP contribution is -2.41. The largest absolute Gasteiger partial charge is 0.348 e. The Morgan fingerprint density at radius 1 is 1.00 bits per heavy atom. The topological polar surface area (TPSA) is 66.5 Å². The van der Waals surface area contributed by atoms with Crippen molar-refractivity contribution in [2.45, 2.75) is 24.8 Å². The van der Waals surface area contributed by atoms with E-state index in [0.717, 1.165) is 9.87 Å². The summed E-state index contributed by atoms with van der Waals surface area (Å²) in [4.78, 5) is 12.6. The molecular formula is C19H24N2O3S. The van der Waals surface area contributed by atoms with Crippen molar-refractivity contribution in [2.75, 3.05) is 13.6 Å². The van der Waals surface area contributed by atoms with Gasteiger partial charge in [0.25, 0.3) is 0 Å². The van der Waals surface area contributed by atoms with Crippen molar-refractivity contribution in [3.8, 4) is 0 Å². The molecule has 6 heteroatoms. The van der Waals surface area contributed by atoms with E-state index in [1.54, 1.807) is 18.2 Å². The molecule has 1 N–H and O–H groups in total. The Morgan fingerprint density at radius 3 is 2.04 bits per heavy atom. The van der Waals surface area contributed by atoms with Gasteiger partial charge in [0.2, 0.25) is 15.9 Å². The van der Waals surface area contributed by atoms with Crippen LogP contribution in [0.1, 0.15) is 25.5 Å². The minimum absolute atomic E-state index is 0.165. The third-order valence-corrected chi connectivity index (χ3v) is 5.78. The number of likely N-dealkylation sites (N-methyl/N-ethyl adjacent to an activating group) is 1. The molecule has 5 nitrogen and oxygen atoms in total. The molecule has 25 heavy (non-hydrogen) atoms. The standard InChI is InChI=1S/C19H24N2O3S/c1-15(2)19(16-10-6-4-7-11-16)20-18(22)14-21(3)25(23,24)17-12-8-5-9-13-17/h4-13,15,19H,14H2,1-3H3,(H,20,22). The normalized spacial score (nSPS) is 13.0. The van der Waals surface area contributed by atoms with Crippen molar-refractivity contribution < 1.29 is 13.2 Å². The van der Waals surface area contributed by atoms with E-state index in [-0.39, 0.29) is 29.3 Å². The Hall–Kier alpha value is -2.18. The van der Waals surface area contributed by atoms with Crippen LogP contribution in [0.15, 0.2) is 65.6 Å². The fourth-order valence-corrected chi connectivity index (χ4v) is 3.72. The molecule has 2 aromatic rings. The van der Waals surface area contributed by atoms with E-state index in [9.17, 15) is 13.2 Å². The minimum atomic E-state index is -3.68. The summed E-state index contributed by atoms with van der Waals surface area (Å²) in [7, 11) is -2.27. The molecule has 0 radical (unpaired) electrons. The van der Waals surface area contributed by atoms with Crippen molar-refractivity contribution in [3.05, 3.63) is 66.2 Å². The van der Waals surface area contributed by atoms with Crippen LogP contribution in [-0.4, -0.2) is 32.2 Å². The van der Waals surface area contributed by atoms with Gasteiger partial charge in [-0.2, -0.15) is 4.31 Å². The molecule has 1 atom stereocenters. The summed E-state index contributed by atoms with van der Waals surface area (Å²) in [6.07, 6.45) is 0. The van der Waals surface area contributed by atoms with Gasteiger partial charge in [-0.05, 0) is 23.6 Å². The third kappa shape index (κ3) is 4.90. The number of nitrogens with zero attached hydrogens (tertiary/aromatic N) is 1. The van der Waals surface area contributed by atoms with Crippen LogP contribution in [0.25, 0.3) is 0 Å². The summed E-state index contributed by atoms with van der Waals surface area (Å²) < 4.78 is 26.1. The molecule has 0 aliphatic carbocycles. The van der Waals surface area contributed by atoms with Gasteiger partial charge in [0.15, 0.2) is 0 Å². The number of sulfonamides is 1. The van der Waals surface area contributed by atoms with Crippen LogP contribution in [0, 0.1) is 5.92 Å². The predicted octanol–water partition coefficient (Wildman–Crippen LogP) is 2.82. The van der Waals surface area contributed by atoms with Gasteiger partial charge in [-0.25, -0.2) is 8.42 Å². The van der Waals surface area contributed by atoms with Crippen LogP contribution in [-0.2, 0) is 14.8 Å². The highest BCUT2D eigenvalue weighted by atomic mass is 32.2. The number of hydrogen-bond donors (Lipinski definition) is 1. The molecule has 0 spiro atoms. The summed E-state index contributed by atoms with van der Waals surface area (Å²) in [6, 6.07) is 17.6. The zero-order valence-electron chi connectivity index (χ0n) is 14.7. The van der Waals surface area contributed by atoms with Crippen LogP contribution < -0.4 is 5.32 Å². The molecule has 0 aliphatic rings. The first-order valence-electron chi connectivity index (χ1n) is 8.18. The molecule has 0 aliphatic heterocycles. The Bertz CT molecular complexity index is 790. The molecule has 0 saturated carbocycles. The molecule has 0 bridgehead atoms. The highest BCUT2D eigenvalue weighted by Gasteiger charge is 2.24. The van der Waals surface area contributed by atoms with Gasteiger partial charge in [0.05, 0.1) is 17.5 Å². The number of carbonyl (C=O) groups excluding carboxylic acids is 1. The minimum Gasteiger partial charge on any atom is -0.348 e. The summed E-state index contributed by atoms with van der Waals surface area (Å²) in [5, 5.41) is 2.94. The van der Waals surface area contributed by atoms with Crippen molar-refractivity contribution in [1.82, 2.24) is 9.62 Å². The van der Waals surface area contributed by atoms with E-state index in [1.165, 1.54) is 19.2 Å². The van der Waals surface area contributed by atoms with Gasteiger partial charge in [0, 0.05) is 7.05 Å². The number of amides is 1. The molecule has 2 aromatic carbocycles. The molecule has 1 amide bonds. The van der Waals surface area contributed by atoms with Crippen LogP contribution in [0.4, 0.5) is 0 Å². The predicted molar refractivity (Wildman–Crippen MR) is 98.4 cm³/mol. The quantitative estimate of drug-likeness (QED) is 0.826. The lowest BCUT2D eigenvalue weighted by atomic mass is 9.96. The zero-order chi connectivity index (χ0) is 18.4. The second kappa shape index (κ2) is 8.27. The van der Waals surface area contributed by atoms with Gasteiger partial charge in [-0.15, -0.1) is 0 Å². The Labute approximate surface area is 149 Å². The lowest BCUT2D eigenvalue weighted by Gasteiger charge is -2.24. The first-order chi connectivity index (χ1) is 11.8. The van der Waals surface area contributed by atoms with Gasteiger partial charge < -0.3 is 5.32 Å². The number of carbonyl (C=O) groups is 1. The van der Waals surface area contributed by atoms with Crippen molar-refractivity contribution in [1.29, 1.82) is 0 Å². The summed E-state index contributed by atoms with van der Waals surface area (Å²) in [6.45, 7) is 3.80. The van der Waals surface area contributed by atoms with Gasteiger partial charge in [-0.1, -0.05) is 62.4 Å². The van der Waals surface area contributed by atoms with Gasteiger partial charge in [-0.3, -0.25) is 4.79 Å². The summed E-state index contributed by atoms with van der Waals surface area (Å²) in [5.74, 6) is -0.146. The maximum Gasteiger partial charge on any atom is 0.243 e. The van der Waals surface area contributed by atoms with Crippen LogP contribution >= 0.6 is 0 Å². The average Bonchev–Trinajstić information content (AvgIpc) is 2.60. The maximum absolute atomic E-state index is 12.5. The van der Waals surface area contributed by atoms with E-state index in [2.05, 4.69) is 5.32 Å².